The molecule has 1 N–H and O–H groups in total. The van der Waals surface area contributed by atoms with Gasteiger partial charge >= 0.3 is 0 Å². The summed E-state index contributed by atoms with van der Waals surface area (Å²) in [5, 5.41) is 12.8. The first-order chi connectivity index (χ1) is 17.3. The zero-order valence-electron chi connectivity index (χ0n) is 20.7. The molecule has 0 unspecified atom stereocenters. The Morgan fingerprint density at radius 2 is 1.58 bits per heavy atom. The number of unbranched alkanes of at least 4 members (excludes halogenated alkanes) is 1. The van der Waals surface area contributed by atoms with E-state index in [2.05, 4.69) is 26.9 Å². The molecule has 2 heterocycles. The predicted molar refractivity (Wildman–Crippen MR) is 138 cm³/mol. The smallest absolute Gasteiger partial charge is 0.261 e. The first-order valence-electron chi connectivity index (χ1n) is 11.7. The van der Waals surface area contributed by atoms with Gasteiger partial charge in [-0.1, -0.05) is 13.3 Å². The van der Waals surface area contributed by atoms with Crippen molar-refractivity contribution >= 4 is 15.7 Å². The van der Waals surface area contributed by atoms with Crippen LogP contribution in [-0.4, -0.2) is 35.0 Å². The molecule has 36 heavy (non-hydrogen) atoms. The van der Waals surface area contributed by atoms with Crippen LogP contribution in [0.4, 0.5) is 5.69 Å². The van der Waals surface area contributed by atoms with Crippen LogP contribution in [0, 0.1) is 20.8 Å². The second-order valence-electron chi connectivity index (χ2n) is 8.34. The number of hydrogen-bond donors (Lipinski definition) is 1. The highest BCUT2D eigenvalue weighted by Gasteiger charge is 2.15. The van der Waals surface area contributed by atoms with Crippen molar-refractivity contribution in [3.8, 4) is 23.2 Å². The van der Waals surface area contributed by atoms with Gasteiger partial charge in [0, 0.05) is 17.4 Å². The normalized spacial score (nSPS) is 11.3. The second-order valence-corrected chi connectivity index (χ2v) is 10.0. The van der Waals surface area contributed by atoms with Crippen molar-refractivity contribution in [1.29, 1.82) is 0 Å². The molecule has 2 aromatic heterocycles. The average Bonchev–Trinajstić information content (AvgIpc) is 3.13. The fourth-order valence-electron chi connectivity index (χ4n) is 3.40. The molecule has 9 nitrogen and oxygen atoms in total. The Labute approximate surface area is 211 Å². The highest BCUT2D eigenvalue weighted by molar-refractivity contribution is 7.92. The molecular weight excluding hydrogens is 478 g/mol. The number of aromatic nitrogens is 4. The first kappa shape index (κ1) is 25.2. The van der Waals surface area contributed by atoms with Crippen molar-refractivity contribution in [2.75, 3.05) is 11.3 Å². The number of nitrogens with zero attached hydrogens (tertiary/aromatic N) is 4. The van der Waals surface area contributed by atoms with E-state index in [9.17, 15) is 8.42 Å². The quantitative estimate of drug-likeness (QED) is 0.288. The van der Waals surface area contributed by atoms with Crippen LogP contribution in [-0.2, 0) is 10.0 Å². The number of aryl methyl sites for hydroxylation is 1. The predicted octanol–water partition coefficient (Wildman–Crippen LogP) is 5.36. The van der Waals surface area contributed by atoms with Gasteiger partial charge in [0.2, 0.25) is 5.88 Å². The minimum Gasteiger partial charge on any atom is -0.494 e. The topological polar surface area (TPSA) is 108 Å². The molecule has 0 fully saturated rings. The van der Waals surface area contributed by atoms with E-state index in [1.165, 1.54) is 12.1 Å². The summed E-state index contributed by atoms with van der Waals surface area (Å²) in [7, 11) is -3.74. The van der Waals surface area contributed by atoms with E-state index in [0.29, 0.717) is 35.5 Å². The van der Waals surface area contributed by atoms with Crippen molar-refractivity contribution in [3.63, 3.8) is 0 Å². The monoisotopic (exact) mass is 507 g/mol. The molecule has 0 aliphatic carbocycles. The molecule has 2 aromatic carbocycles. The standard InChI is InChI=1S/C26H29N5O4S/c1-5-6-17-34-22-11-13-24(14-12-22)36(32,33)30-21-7-9-23(10-8-21)35-26-16-15-25(27-28-26)31-20(4)18(2)19(3)29-31/h7-16,30H,5-6,17H2,1-4H3. The van der Waals surface area contributed by atoms with Gasteiger partial charge in [-0.2, -0.15) is 5.10 Å². The average molecular weight is 508 g/mol. The second kappa shape index (κ2) is 10.8. The molecule has 4 aromatic rings. The Bertz CT molecular complexity index is 1420. The third kappa shape index (κ3) is 5.83. The maximum Gasteiger partial charge on any atom is 0.261 e. The van der Waals surface area contributed by atoms with Gasteiger partial charge in [0.1, 0.15) is 11.5 Å². The summed E-state index contributed by atoms with van der Waals surface area (Å²) < 4.78 is 41.1. The summed E-state index contributed by atoms with van der Waals surface area (Å²) in [6, 6.07) is 16.4. The highest BCUT2D eigenvalue weighted by Crippen LogP contribution is 2.24. The van der Waals surface area contributed by atoms with Crippen LogP contribution in [0.5, 0.6) is 17.4 Å². The molecule has 0 aliphatic rings. The van der Waals surface area contributed by atoms with E-state index >= 15 is 0 Å². The Morgan fingerprint density at radius 3 is 2.17 bits per heavy atom. The number of nitrogens with one attached hydrogen (secondary N) is 1. The van der Waals surface area contributed by atoms with Crippen LogP contribution in [0.2, 0.25) is 0 Å². The van der Waals surface area contributed by atoms with Crippen molar-refractivity contribution in [3.05, 3.63) is 77.6 Å². The maximum atomic E-state index is 12.7. The van der Waals surface area contributed by atoms with Gasteiger partial charge in [-0.05, 0) is 87.4 Å². The van der Waals surface area contributed by atoms with Gasteiger partial charge in [0.05, 0.1) is 17.2 Å². The van der Waals surface area contributed by atoms with E-state index in [0.717, 1.165) is 29.8 Å². The van der Waals surface area contributed by atoms with Crippen LogP contribution in [0.1, 0.15) is 36.7 Å². The van der Waals surface area contributed by atoms with Crippen LogP contribution < -0.4 is 14.2 Å². The number of hydrogen-bond acceptors (Lipinski definition) is 7. The maximum absolute atomic E-state index is 12.7. The number of sulfonamides is 1. The Morgan fingerprint density at radius 1 is 0.889 bits per heavy atom. The molecule has 0 spiro atoms. The summed E-state index contributed by atoms with van der Waals surface area (Å²) in [6.07, 6.45) is 1.98. The Hall–Kier alpha value is -3.92. The molecule has 0 saturated heterocycles. The summed E-state index contributed by atoms with van der Waals surface area (Å²) in [4.78, 5) is 0.152. The number of ether oxygens (including phenoxy) is 2. The molecule has 0 aliphatic heterocycles. The lowest BCUT2D eigenvalue weighted by molar-refractivity contribution is 0.309. The van der Waals surface area contributed by atoms with Gasteiger partial charge in [-0.25, -0.2) is 13.1 Å². The molecule has 0 atom stereocenters. The SMILES string of the molecule is CCCCOc1ccc(S(=O)(=O)Nc2ccc(Oc3ccc(-n4nc(C)c(C)c4C)nn3)cc2)cc1. The lowest BCUT2D eigenvalue weighted by atomic mass is 10.2. The lowest BCUT2D eigenvalue weighted by Crippen LogP contribution is -2.12. The molecule has 0 amide bonds. The highest BCUT2D eigenvalue weighted by atomic mass is 32.2. The number of rotatable bonds is 10. The van der Waals surface area contributed by atoms with E-state index in [4.69, 9.17) is 9.47 Å². The van der Waals surface area contributed by atoms with Crippen molar-refractivity contribution in [2.24, 2.45) is 0 Å². The fraction of sp³-hybridized carbons (Fsp3) is 0.269. The van der Waals surface area contributed by atoms with E-state index < -0.39 is 10.0 Å². The molecule has 188 valence electrons. The zero-order valence-corrected chi connectivity index (χ0v) is 21.5. The van der Waals surface area contributed by atoms with Crippen molar-refractivity contribution in [2.45, 2.75) is 45.4 Å². The van der Waals surface area contributed by atoms with E-state index in [1.807, 2.05) is 20.8 Å². The fourth-order valence-corrected chi connectivity index (χ4v) is 4.46. The van der Waals surface area contributed by atoms with Gasteiger partial charge in [-0.15, -0.1) is 10.2 Å². The van der Waals surface area contributed by atoms with Crippen LogP contribution in [0.15, 0.2) is 65.6 Å². The van der Waals surface area contributed by atoms with Crippen LogP contribution >= 0.6 is 0 Å². The molecule has 10 heteroatoms. The number of benzene rings is 2. The van der Waals surface area contributed by atoms with Gasteiger partial charge in [0.25, 0.3) is 10.0 Å². The Kier molecular flexibility index (Phi) is 7.54. The molecular formula is C26H29N5O4S. The minimum atomic E-state index is -3.74. The van der Waals surface area contributed by atoms with E-state index in [-0.39, 0.29) is 4.90 Å². The van der Waals surface area contributed by atoms with Gasteiger partial charge < -0.3 is 9.47 Å². The summed E-state index contributed by atoms with van der Waals surface area (Å²) in [6.45, 7) is 8.64. The Balaban J connectivity index is 1.38. The third-order valence-corrected chi connectivity index (χ3v) is 7.12. The zero-order chi connectivity index (χ0) is 25.7. The van der Waals surface area contributed by atoms with Crippen molar-refractivity contribution in [1.82, 2.24) is 20.0 Å². The van der Waals surface area contributed by atoms with Crippen LogP contribution in [0.3, 0.4) is 0 Å². The summed E-state index contributed by atoms with van der Waals surface area (Å²) >= 11 is 0. The number of anilines is 1. The minimum absolute atomic E-state index is 0.152. The first-order valence-corrected chi connectivity index (χ1v) is 13.2. The molecule has 4 rings (SSSR count). The molecule has 0 saturated carbocycles. The molecule has 0 radical (unpaired) electrons. The largest absolute Gasteiger partial charge is 0.494 e. The van der Waals surface area contributed by atoms with Crippen molar-refractivity contribution < 1.29 is 17.9 Å². The van der Waals surface area contributed by atoms with Gasteiger partial charge in [0.15, 0.2) is 5.82 Å². The molecule has 0 bridgehead atoms. The van der Waals surface area contributed by atoms with E-state index in [1.54, 1.807) is 53.2 Å². The van der Waals surface area contributed by atoms with Crippen LogP contribution in [0.25, 0.3) is 5.82 Å². The third-order valence-electron chi connectivity index (χ3n) is 5.73. The lowest BCUT2D eigenvalue weighted by Gasteiger charge is -2.10. The summed E-state index contributed by atoms with van der Waals surface area (Å²) in [5.41, 5.74) is 3.47. The summed E-state index contributed by atoms with van der Waals surface area (Å²) in [5.74, 6) is 2.05. The van der Waals surface area contributed by atoms with Gasteiger partial charge in [-0.3, -0.25) is 4.72 Å².